The van der Waals surface area contributed by atoms with E-state index in [9.17, 15) is 13.2 Å². The standard InChI is InChI=1S/C10H12F3N3/c1-4-6-14-8-7(5-2)15-9(16(8)3)10(11,12)13/h5-6H,2,4H2,1,3H3. The summed E-state index contributed by atoms with van der Waals surface area (Å²) in [5.74, 6) is -0.796. The van der Waals surface area contributed by atoms with E-state index in [2.05, 4.69) is 16.6 Å². The first-order valence-corrected chi connectivity index (χ1v) is 4.70. The van der Waals surface area contributed by atoms with Crippen LogP contribution in [0.15, 0.2) is 11.6 Å². The zero-order valence-corrected chi connectivity index (χ0v) is 9.04. The van der Waals surface area contributed by atoms with Gasteiger partial charge in [0.15, 0.2) is 5.82 Å². The number of rotatable bonds is 3. The first kappa shape index (κ1) is 12.5. The third kappa shape index (κ3) is 2.32. The highest BCUT2D eigenvalue weighted by Gasteiger charge is 2.37. The molecule has 0 fully saturated rings. The Balaban J connectivity index is 3.32. The summed E-state index contributed by atoms with van der Waals surface area (Å²) in [7, 11) is 1.28. The summed E-state index contributed by atoms with van der Waals surface area (Å²) in [6.45, 7) is 5.26. The Morgan fingerprint density at radius 1 is 1.50 bits per heavy atom. The van der Waals surface area contributed by atoms with Gasteiger partial charge in [-0.15, -0.1) is 0 Å². The van der Waals surface area contributed by atoms with E-state index >= 15 is 0 Å². The van der Waals surface area contributed by atoms with Crippen molar-refractivity contribution >= 4 is 18.1 Å². The molecule has 0 aromatic carbocycles. The molecule has 1 aromatic rings. The molecule has 1 heterocycles. The molecule has 0 unspecified atom stereocenters. The predicted octanol–water partition coefficient (Wildman–Crippen LogP) is 3.19. The fourth-order valence-electron chi connectivity index (χ4n) is 1.23. The van der Waals surface area contributed by atoms with Crippen LogP contribution < -0.4 is 0 Å². The molecule has 0 N–H and O–H groups in total. The number of aromatic nitrogens is 2. The van der Waals surface area contributed by atoms with E-state index in [0.717, 1.165) is 4.57 Å². The van der Waals surface area contributed by atoms with E-state index in [1.54, 1.807) is 0 Å². The smallest absolute Gasteiger partial charge is 0.308 e. The third-order valence-corrected chi connectivity index (χ3v) is 1.93. The number of imidazole rings is 1. The number of nitrogens with zero attached hydrogens (tertiary/aromatic N) is 3. The van der Waals surface area contributed by atoms with Gasteiger partial charge in [-0.25, -0.2) is 9.98 Å². The van der Waals surface area contributed by atoms with Gasteiger partial charge < -0.3 is 4.57 Å². The average molecular weight is 231 g/mol. The number of alkyl halides is 3. The molecule has 3 nitrogen and oxygen atoms in total. The minimum Gasteiger partial charge on any atom is -0.308 e. The molecule has 6 heteroatoms. The zero-order valence-electron chi connectivity index (χ0n) is 9.04. The Kier molecular flexibility index (Phi) is 3.51. The maximum Gasteiger partial charge on any atom is 0.449 e. The van der Waals surface area contributed by atoms with E-state index in [0.29, 0.717) is 6.42 Å². The van der Waals surface area contributed by atoms with Gasteiger partial charge in [0.25, 0.3) is 0 Å². The highest BCUT2D eigenvalue weighted by atomic mass is 19.4. The minimum atomic E-state index is -4.48. The zero-order chi connectivity index (χ0) is 12.3. The molecule has 0 atom stereocenters. The SMILES string of the molecule is C=Cc1nc(C(F)(F)F)n(C)c1N=CCC. The lowest BCUT2D eigenvalue weighted by Gasteiger charge is -2.05. The summed E-state index contributed by atoms with van der Waals surface area (Å²) in [5.41, 5.74) is 0.138. The van der Waals surface area contributed by atoms with E-state index in [1.807, 2.05) is 6.92 Å². The summed E-state index contributed by atoms with van der Waals surface area (Å²) >= 11 is 0. The van der Waals surface area contributed by atoms with E-state index in [4.69, 9.17) is 0 Å². The van der Waals surface area contributed by atoms with Crippen molar-refractivity contribution in [1.29, 1.82) is 0 Å². The monoisotopic (exact) mass is 231 g/mol. The number of aliphatic imine (C=N–C) groups is 1. The fourth-order valence-corrected chi connectivity index (χ4v) is 1.23. The summed E-state index contributed by atoms with van der Waals surface area (Å²) < 4.78 is 38.5. The quantitative estimate of drug-likeness (QED) is 0.735. The second-order valence-electron chi connectivity index (χ2n) is 3.13. The lowest BCUT2D eigenvalue weighted by atomic mass is 10.4. The summed E-state index contributed by atoms with van der Waals surface area (Å²) in [6, 6.07) is 0. The first-order chi connectivity index (χ1) is 7.41. The van der Waals surface area contributed by atoms with Crippen molar-refractivity contribution in [2.75, 3.05) is 0 Å². The second-order valence-corrected chi connectivity index (χ2v) is 3.13. The normalized spacial score (nSPS) is 12.3. The predicted molar refractivity (Wildman–Crippen MR) is 56.7 cm³/mol. The topological polar surface area (TPSA) is 30.2 Å². The number of hydrogen-bond donors (Lipinski definition) is 0. The Labute approximate surface area is 91.3 Å². The van der Waals surface area contributed by atoms with Gasteiger partial charge in [0, 0.05) is 13.3 Å². The van der Waals surface area contributed by atoms with Crippen LogP contribution in [0, 0.1) is 0 Å². The maximum atomic E-state index is 12.5. The molecule has 0 radical (unpaired) electrons. The Hall–Kier alpha value is -1.59. The van der Waals surface area contributed by atoms with Crippen LogP contribution in [-0.4, -0.2) is 15.8 Å². The Morgan fingerprint density at radius 2 is 2.12 bits per heavy atom. The molecule has 0 aliphatic rings. The largest absolute Gasteiger partial charge is 0.449 e. The highest BCUT2D eigenvalue weighted by molar-refractivity contribution is 5.66. The van der Waals surface area contributed by atoms with Crippen molar-refractivity contribution in [3.05, 3.63) is 18.1 Å². The lowest BCUT2D eigenvalue weighted by Crippen LogP contribution is -2.12. The molecule has 88 valence electrons. The number of hydrogen-bond acceptors (Lipinski definition) is 2. The molecular formula is C10H12F3N3. The Bertz CT molecular complexity index is 416. The van der Waals surface area contributed by atoms with Crippen LogP contribution in [0.2, 0.25) is 0 Å². The van der Waals surface area contributed by atoms with Crippen LogP contribution in [0.3, 0.4) is 0 Å². The minimum absolute atomic E-state index is 0.138. The molecular weight excluding hydrogens is 219 g/mol. The third-order valence-electron chi connectivity index (χ3n) is 1.93. The van der Waals surface area contributed by atoms with Crippen molar-refractivity contribution in [2.24, 2.45) is 12.0 Å². The van der Waals surface area contributed by atoms with Gasteiger partial charge in [0.1, 0.15) is 5.69 Å². The molecule has 0 bridgehead atoms. The van der Waals surface area contributed by atoms with E-state index in [-0.39, 0.29) is 11.5 Å². The van der Waals surface area contributed by atoms with Gasteiger partial charge in [-0.1, -0.05) is 13.5 Å². The summed E-state index contributed by atoms with van der Waals surface area (Å²) in [6.07, 6.45) is -1.04. The van der Waals surface area contributed by atoms with Gasteiger partial charge in [-0.3, -0.25) is 0 Å². The molecule has 0 saturated carbocycles. The van der Waals surface area contributed by atoms with Crippen molar-refractivity contribution in [3.8, 4) is 0 Å². The van der Waals surface area contributed by atoms with Crippen molar-refractivity contribution in [3.63, 3.8) is 0 Å². The first-order valence-electron chi connectivity index (χ1n) is 4.70. The van der Waals surface area contributed by atoms with Crippen LogP contribution in [0.1, 0.15) is 24.9 Å². The van der Waals surface area contributed by atoms with Crippen LogP contribution in [0.5, 0.6) is 0 Å². The molecule has 0 spiro atoms. The van der Waals surface area contributed by atoms with E-state index in [1.165, 1.54) is 19.3 Å². The van der Waals surface area contributed by atoms with Crippen LogP contribution in [0.25, 0.3) is 6.08 Å². The molecule has 0 amide bonds. The van der Waals surface area contributed by atoms with Crippen molar-refractivity contribution < 1.29 is 13.2 Å². The van der Waals surface area contributed by atoms with Crippen LogP contribution in [0.4, 0.5) is 19.0 Å². The molecule has 0 aliphatic heterocycles. The van der Waals surface area contributed by atoms with Gasteiger partial charge in [-0.05, 0) is 12.5 Å². The summed E-state index contributed by atoms with van der Waals surface area (Å²) in [4.78, 5) is 7.39. The van der Waals surface area contributed by atoms with Gasteiger partial charge >= 0.3 is 6.18 Å². The second kappa shape index (κ2) is 4.51. The van der Waals surface area contributed by atoms with Crippen LogP contribution in [-0.2, 0) is 13.2 Å². The van der Waals surface area contributed by atoms with Crippen LogP contribution >= 0.6 is 0 Å². The maximum absolute atomic E-state index is 12.5. The molecule has 0 aliphatic carbocycles. The van der Waals surface area contributed by atoms with E-state index < -0.39 is 12.0 Å². The molecule has 1 rings (SSSR count). The lowest BCUT2D eigenvalue weighted by molar-refractivity contribution is -0.146. The molecule has 1 aromatic heterocycles. The van der Waals surface area contributed by atoms with Crippen molar-refractivity contribution in [2.45, 2.75) is 19.5 Å². The molecule has 0 saturated heterocycles. The van der Waals surface area contributed by atoms with Crippen molar-refractivity contribution in [1.82, 2.24) is 9.55 Å². The fraction of sp³-hybridized carbons (Fsp3) is 0.400. The van der Waals surface area contributed by atoms with Gasteiger partial charge in [0.05, 0.1) is 0 Å². The van der Waals surface area contributed by atoms with Gasteiger partial charge in [-0.2, -0.15) is 13.2 Å². The highest BCUT2D eigenvalue weighted by Crippen LogP contribution is 2.32. The number of halogens is 3. The summed E-state index contributed by atoms with van der Waals surface area (Å²) in [5, 5.41) is 0. The van der Waals surface area contributed by atoms with Gasteiger partial charge in [0.2, 0.25) is 5.82 Å². The molecule has 16 heavy (non-hydrogen) atoms. The average Bonchev–Trinajstić information content (AvgIpc) is 2.51. The Morgan fingerprint density at radius 3 is 2.56 bits per heavy atom.